The van der Waals surface area contributed by atoms with Crippen LogP contribution < -0.4 is 5.32 Å². The quantitative estimate of drug-likeness (QED) is 0.851. The second-order valence-corrected chi connectivity index (χ2v) is 6.06. The van der Waals surface area contributed by atoms with Crippen molar-refractivity contribution in [3.8, 4) is 0 Å². The van der Waals surface area contributed by atoms with Crippen LogP contribution in [0.25, 0.3) is 0 Å². The van der Waals surface area contributed by atoms with E-state index in [-0.39, 0.29) is 18.9 Å². The number of fused-ring (bicyclic) bond motifs is 1. The summed E-state index contributed by atoms with van der Waals surface area (Å²) in [5.74, 6) is -5.62. The predicted molar refractivity (Wildman–Crippen MR) is 88.8 cm³/mol. The maximum Gasteiger partial charge on any atom is 0.254 e. The largest absolute Gasteiger partial charge is 0.351 e. The molecule has 26 heavy (non-hydrogen) atoms. The molecule has 3 rings (SSSR count). The molecule has 1 aliphatic rings. The molecule has 0 fully saturated rings. The Balaban J connectivity index is 1.53. The second-order valence-electron chi connectivity index (χ2n) is 6.06. The zero-order chi connectivity index (χ0) is 18.7. The molecule has 0 unspecified atom stereocenters. The Morgan fingerprint density at radius 2 is 1.73 bits per heavy atom. The maximum absolute atomic E-state index is 13.6. The van der Waals surface area contributed by atoms with Crippen molar-refractivity contribution in [3.05, 3.63) is 70.5 Å². The first-order valence-electron chi connectivity index (χ1n) is 8.23. The first kappa shape index (κ1) is 18.0. The zero-order valence-corrected chi connectivity index (χ0v) is 13.9. The Kier molecular flexibility index (Phi) is 5.25. The van der Waals surface area contributed by atoms with Crippen LogP contribution >= 0.6 is 0 Å². The van der Waals surface area contributed by atoms with Gasteiger partial charge in [0, 0.05) is 26.1 Å². The fourth-order valence-electron chi connectivity index (χ4n) is 2.95. The summed E-state index contributed by atoms with van der Waals surface area (Å²) in [6.07, 6.45) is 0.813. The third kappa shape index (κ3) is 3.71. The van der Waals surface area contributed by atoms with Gasteiger partial charge in [-0.25, -0.2) is 13.2 Å². The van der Waals surface area contributed by atoms with E-state index in [9.17, 15) is 22.8 Å². The van der Waals surface area contributed by atoms with Crippen molar-refractivity contribution in [2.75, 3.05) is 13.1 Å². The van der Waals surface area contributed by atoms with Crippen molar-refractivity contribution in [3.63, 3.8) is 0 Å². The number of amides is 2. The number of hydrogen-bond acceptors (Lipinski definition) is 2. The van der Waals surface area contributed by atoms with E-state index in [1.165, 1.54) is 5.56 Å². The van der Waals surface area contributed by atoms with Crippen molar-refractivity contribution < 1.29 is 22.8 Å². The molecule has 0 aliphatic carbocycles. The second kappa shape index (κ2) is 7.59. The SMILES string of the molecule is O=C(NCCC(=O)N1CCc2ccccc2C1)c1ccc(F)c(F)c1F. The highest BCUT2D eigenvalue weighted by Gasteiger charge is 2.21. The molecular formula is C19H17F3N2O2. The molecule has 0 spiro atoms. The number of carbonyl (C=O) groups excluding carboxylic acids is 2. The Morgan fingerprint density at radius 3 is 2.50 bits per heavy atom. The minimum atomic E-state index is -1.69. The van der Waals surface area contributed by atoms with Gasteiger partial charge >= 0.3 is 0 Å². The standard InChI is InChI=1S/C19H17F3N2O2/c20-15-6-5-14(17(21)18(15)22)19(26)23-9-7-16(25)24-10-8-12-3-1-2-4-13(12)11-24/h1-6H,7-11H2,(H,23,26). The molecule has 1 aliphatic heterocycles. The normalized spacial score (nSPS) is 13.3. The number of benzene rings is 2. The average molecular weight is 362 g/mol. The summed E-state index contributed by atoms with van der Waals surface area (Å²) in [5, 5.41) is 2.36. The molecule has 0 atom stereocenters. The molecule has 0 saturated heterocycles. The Morgan fingerprint density at radius 1 is 1.00 bits per heavy atom. The minimum absolute atomic E-state index is 0.0196. The van der Waals surface area contributed by atoms with Crippen LogP contribution in [0.4, 0.5) is 13.2 Å². The van der Waals surface area contributed by atoms with E-state index in [1.54, 1.807) is 4.90 Å². The predicted octanol–water partition coefficient (Wildman–Crippen LogP) is 2.81. The summed E-state index contributed by atoms with van der Waals surface area (Å²) in [6.45, 7) is 1.09. The molecule has 7 heteroatoms. The van der Waals surface area contributed by atoms with E-state index in [4.69, 9.17) is 0 Å². The molecule has 0 aromatic heterocycles. The van der Waals surface area contributed by atoms with Crippen molar-refractivity contribution in [1.82, 2.24) is 10.2 Å². The van der Waals surface area contributed by atoms with Crippen LogP contribution in [0.5, 0.6) is 0 Å². The fraction of sp³-hybridized carbons (Fsp3) is 0.263. The van der Waals surface area contributed by atoms with E-state index in [0.29, 0.717) is 19.2 Å². The Hall–Kier alpha value is -2.83. The number of halogens is 3. The van der Waals surface area contributed by atoms with Crippen molar-refractivity contribution in [1.29, 1.82) is 0 Å². The summed E-state index contributed by atoms with van der Waals surface area (Å²) < 4.78 is 39.6. The van der Waals surface area contributed by atoms with Crippen LogP contribution in [0.1, 0.15) is 27.9 Å². The molecule has 2 amide bonds. The molecule has 0 bridgehead atoms. The van der Waals surface area contributed by atoms with Gasteiger partial charge in [0.05, 0.1) is 5.56 Å². The van der Waals surface area contributed by atoms with E-state index < -0.39 is 28.9 Å². The number of rotatable bonds is 4. The summed E-state index contributed by atoms with van der Waals surface area (Å²) in [4.78, 5) is 25.9. The molecular weight excluding hydrogens is 345 g/mol. The highest BCUT2D eigenvalue weighted by atomic mass is 19.2. The minimum Gasteiger partial charge on any atom is -0.351 e. The number of nitrogens with one attached hydrogen (secondary N) is 1. The van der Waals surface area contributed by atoms with Gasteiger partial charge < -0.3 is 10.2 Å². The van der Waals surface area contributed by atoms with E-state index in [0.717, 1.165) is 18.1 Å². The van der Waals surface area contributed by atoms with Crippen molar-refractivity contribution >= 4 is 11.8 Å². The highest BCUT2D eigenvalue weighted by molar-refractivity contribution is 5.94. The first-order chi connectivity index (χ1) is 12.5. The molecule has 2 aromatic rings. The van der Waals surface area contributed by atoms with E-state index >= 15 is 0 Å². The van der Waals surface area contributed by atoms with Gasteiger partial charge in [-0.2, -0.15) is 0 Å². The van der Waals surface area contributed by atoms with Gasteiger partial charge in [0.25, 0.3) is 5.91 Å². The van der Waals surface area contributed by atoms with Gasteiger partial charge in [-0.1, -0.05) is 24.3 Å². The lowest BCUT2D eigenvalue weighted by Gasteiger charge is -2.29. The van der Waals surface area contributed by atoms with Gasteiger partial charge in [0.1, 0.15) is 0 Å². The molecule has 0 radical (unpaired) electrons. The lowest BCUT2D eigenvalue weighted by Crippen LogP contribution is -2.38. The fourth-order valence-corrected chi connectivity index (χ4v) is 2.95. The Bertz CT molecular complexity index is 855. The van der Waals surface area contributed by atoms with Crippen LogP contribution in [0.2, 0.25) is 0 Å². The molecule has 4 nitrogen and oxygen atoms in total. The van der Waals surface area contributed by atoms with Crippen LogP contribution in [-0.4, -0.2) is 29.8 Å². The van der Waals surface area contributed by atoms with Gasteiger partial charge in [-0.3, -0.25) is 9.59 Å². The van der Waals surface area contributed by atoms with Gasteiger partial charge in [-0.05, 0) is 29.7 Å². The van der Waals surface area contributed by atoms with Crippen molar-refractivity contribution in [2.24, 2.45) is 0 Å². The van der Waals surface area contributed by atoms with Crippen LogP contribution in [0.3, 0.4) is 0 Å². The summed E-state index contributed by atoms with van der Waals surface area (Å²) >= 11 is 0. The third-order valence-electron chi connectivity index (χ3n) is 4.39. The molecule has 2 aromatic carbocycles. The number of hydrogen-bond donors (Lipinski definition) is 1. The van der Waals surface area contributed by atoms with E-state index in [2.05, 4.69) is 5.32 Å². The summed E-state index contributed by atoms with van der Waals surface area (Å²) in [7, 11) is 0. The molecule has 0 saturated carbocycles. The maximum atomic E-state index is 13.6. The first-order valence-corrected chi connectivity index (χ1v) is 8.23. The third-order valence-corrected chi connectivity index (χ3v) is 4.39. The van der Waals surface area contributed by atoms with Gasteiger partial charge in [0.15, 0.2) is 17.5 Å². The Labute approximate surface area is 148 Å². The van der Waals surface area contributed by atoms with Crippen LogP contribution in [0.15, 0.2) is 36.4 Å². The number of nitrogens with zero attached hydrogens (tertiary/aromatic N) is 1. The zero-order valence-electron chi connectivity index (χ0n) is 13.9. The summed E-state index contributed by atoms with van der Waals surface area (Å²) in [6, 6.07) is 9.44. The lowest BCUT2D eigenvalue weighted by atomic mass is 10.00. The summed E-state index contributed by atoms with van der Waals surface area (Å²) in [5.41, 5.74) is 1.72. The number of carbonyl (C=O) groups is 2. The van der Waals surface area contributed by atoms with Crippen LogP contribution in [-0.2, 0) is 17.8 Å². The van der Waals surface area contributed by atoms with E-state index in [1.807, 2.05) is 24.3 Å². The molecule has 1 heterocycles. The van der Waals surface area contributed by atoms with Gasteiger partial charge in [-0.15, -0.1) is 0 Å². The lowest BCUT2D eigenvalue weighted by molar-refractivity contribution is -0.131. The topological polar surface area (TPSA) is 49.4 Å². The highest BCUT2D eigenvalue weighted by Crippen LogP contribution is 2.19. The molecule has 136 valence electrons. The molecule has 1 N–H and O–H groups in total. The smallest absolute Gasteiger partial charge is 0.254 e. The monoisotopic (exact) mass is 362 g/mol. The van der Waals surface area contributed by atoms with Gasteiger partial charge in [0.2, 0.25) is 5.91 Å². The van der Waals surface area contributed by atoms with Crippen molar-refractivity contribution in [2.45, 2.75) is 19.4 Å². The van der Waals surface area contributed by atoms with Crippen LogP contribution in [0, 0.1) is 17.5 Å². The average Bonchev–Trinajstić information content (AvgIpc) is 2.65.